The van der Waals surface area contributed by atoms with Crippen LogP contribution < -0.4 is 10.1 Å². The Labute approximate surface area is 180 Å². The van der Waals surface area contributed by atoms with E-state index in [0.717, 1.165) is 9.87 Å². The third-order valence-corrected chi connectivity index (χ3v) is 6.13. The lowest BCUT2D eigenvalue weighted by atomic mass is 10.2. The van der Waals surface area contributed by atoms with Gasteiger partial charge < -0.3 is 10.1 Å². The molecule has 0 radical (unpaired) electrons. The molecular formula is C22H20N4O4S. The molecule has 31 heavy (non-hydrogen) atoms. The Morgan fingerprint density at radius 2 is 1.81 bits per heavy atom. The number of anilines is 1. The van der Waals surface area contributed by atoms with E-state index in [1.165, 1.54) is 37.5 Å². The molecule has 0 aliphatic carbocycles. The minimum atomic E-state index is -3.86. The van der Waals surface area contributed by atoms with Gasteiger partial charge in [-0.2, -0.15) is 9.57 Å². The van der Waals surface area contributed by atoms with Crippen molar-refractivity contribution in [3.05, 3.63) is 84.1 Å². The summed E-state index contributed by atoms with van der Waals surface area (Å²) in [6.45, 7) is -0.00780. The average Bonchev–Trinajstić information content (AvgIpc) is 2.79. The number of hydrogen-bond acceptors (Lipinski definition) is 6. The van der Waals surface area contributed by atoms with Gasteiger partial charge in [-0.25, -0.2) is 13.4 Å². The van der Waals surface area contributed by atoms with E-state index in [-0.39, 0.29) is 11.4 Å². The van der Waals surface area contributed by atoms with Gasteiger partial charge in [-0.3, -0.25) is 4.79 Å². The van der Waals surface area contributed by atoms with E-state index in [9.17, 15) is 13.2 Å². The number of aromatic nitrogens is 1. The second-order valence-electron chi connectivity index (χ2n) is 6.60. The van der Waals surface area contributed by atoms with Crippen LogP contribution in [0.2, 0.25) is 0 Å². The summed E-state index contributed by atoms with van der Waals surface area (Å²) < 4.78 is 31.7. The summed E-state index contributed by atoms with van der Waals surface area (Å²) >= 11 is 0. The van der Waals surface area contributed by atoms with Crippen LogP contribution in [-0.4, -0.2) is 37.2 Å². The van der Waals surface area contributed by atoms with Crippen molar-refractivity contribution in [3.8, 4) is 11.9 Å². The van der Waals surface area contributed by atoms with Crippen molar-refractivity contribution >= 4 is 21.6 Å². The summed E-state index contributed by atoms with van der Waals surface area (Å²) in [5.41, 5.74) is 1.78. The molecule has 0 aliphatic rings. The van der Waals surface area contributed by atoms with Crippen molar-refractivity contribution in [2.24, 2.45) is 0 Å². The first-order valence-electron chi connectivity index (χ1n) is 9.27. The van der Waals surface area contributed by atoms with E-state index in [4.69, 9.17) is 10.00 Å². The van der Waals surface area contributed by atoms with Crippen LogP contribution in [0.15, 0.2) is 77.8 Å². The normalized spacial score (nSPS) is 11.0. The lowest BCUT2D eigenvalue weighted by molar-refractivity contribution is -0.116. The van der Waals surface area contributed by atoms with Gasteiger partial charge >= 0.3 is 0 Å². The summed E-state index contributed by atoms with van der Waals surface area (Å²) in [6.07, 6.45) is 1.44. The molecule has 0 unspecified atom stereocenters. The predicted molar refractivity (Wildman–Crippen MR) is 115 cm³/mol. The first-order chi connectivity index (χ1) is 14.9. The van der Waals surface area contributed by atoms with Crippen LogP contribution in [0.4, 0.5) is 5.69 Å². The quantitative estimate of drug-likeness (QED) is 0.581. The molecule has 158 valence electrons. The first kappa shape index (κ1) is 22.0. The molecule has 0 spiro atoms. The van der Waals surface area contributed by atoms with E-state index >= 15 is 0 Å². The maximum absolute atomic E-state index is 12.6. The second-order valence-corrected chi connectivity index (χ2v) is 8.65. The number of carbonyl (C=O) groups is 1. The standard InChI is InChI=1S/C22H20N4O4S/c1-26(31(28,29)20-10-7-17(13-23)8-11-20)15-21(27)25-19-9-12-22(24-14-19)30-16-18-5-3-2-4-6-18/h2-12,14H,15-16H2,1H3,(H,25,27). The number of likely N-dealkylation sites (N-methyl/N-ethyl adjacent to an activating group) is 1. The first-order valence-corrected chi connectivity index (χ1v) is 10.7. The Morgan fingerprint density at radius 1 is 1.10 bits per heavy atom. The van der Waals surface area contributed by atoms with E-state index in [1.807, 2.05) is 36.4 Å². The summed E-state index contributed by atoms with van der Waals surface area (Å²) in [5, 5.41) is 11.4. The van der Waals surface area contributed by atoms with Crippen LogP contribution in [0.25, 0.3) is 0 Å². The molecule has 8 nitrogen and oxygen atoms in total. The van der Waals surface area contributed by atoms with Crippen LogP contribution in [0.3, 0.4) is 0 Å². The molecule has 0 bridgehead atoms. The SMILES string of the molecule is CN(CC(=O)Nc1ccc(OCc2ccccc2)nc1)S(=O)(=O)c1ccc(C#N)cc1. The number of carbonyl (C=O) groups excluding carboxylic acids is 1. The third kappa shape index (κ3) is 5.88. The summed E-state index contributed by atoms with van der Waals surface area (Å²) in [7, 11) is -2.55. The van der Waals surface area contributed by atoms with Crippen LogP contribution >= 0.6 is 0 Å². The number of benzene rings is 2. The van der Waals surface area contributed by atoms with Crippen LogP contribution in [0.5, 0.6) is 5.88 Å². The molecule has 0 saturated heterocycles. The molecule has 2 aromatic carbocycles. The Bertz CT molecular complexity index is 1170. The molecule has 9 heteroatoms. The zero-order valence-corrected chi connectivity index (χ0v) is 17.5. The fourth-order valence-corrected chi connectivity index (χ4v) is 3.77. The van der Waals surface area contributed by atoms with Gasteiger partial charge in [0.2, 0.25) is 21.8 Å². The van der Waals surface area contributed by atoms with Crippen molar-refractivity contribution in [1.29, 1.82) is 5.26 Å². The lowest BCUT2D eigenvalue weighted by Gasteiger charge is -2.17. The van der Waals surface area contributed by atoms with Gasteiger partial charge in [0.1, 0.15) is 6.61 Å². The zero-order valence-electron chi connectivity index (χ0n) is 16.7. The maximum atomic E-state index is 12.6. The van der Waals surface area contributed by atoms with Gasteiger partial charge in [-0.15, -0.1) is 0 Å². The third-order valence-electron chi connectivity index (χ3n) is 4.31. The Hall–Kier alpha value is -3.74. The minimum absolute atomic E-state index is 0.00313. The molecule has 0 aliphatic heterocycles. The van der Waals surface area contributed by atoms with E-state index in [2.05, 4.69) is 10.3 Å². The van der Waals surface area contributed by atoms with Gasteiger partial charge in [0.05, 0.1) is 35.0 Å². The number of nitrogens with zero attached hydrogens (tertiary/aromatic N) is 3. The van der Waals surface area contributed by atoms with Gasteiger partial charge in [0, 0.05) is 13.1 Å². The fraction of sp³-hybridized carbons (Fsp3) is 0.136. The molecule has 0 saturated carbocycles. The Morgan fingerprint density at radius 3 is 2.42 bits per heavy atom. The number of amides is 1. The number of nitrogens with one attached hydrogen (secondary N) is 1. The molecule has 1 amide bonds. The van der Waals surface area contributed by atoms with Crippen molar-refractivity contribution in [2.75, 3.05) is 18.9 Å². The van der Waals surface area contributed by atoms with Gasteiger partial charge in [-0.05, 0) is 35.9 Å². The summed E-state index contributed by atoms with van der Waals surface area (Å²) in [4.78, 5) is 16.4. The maximum Gasteiger partial charge on any atom is 0.243 e. The Kier molecular flexibility index (Phi) is 6.97. The summed E-state index contributed by atoms with van der Waals surface area (Å²) in [6, 6.07) is 20.3. The highest BCUT2D eigenvalue weighted by molar-refractivity contribution is 7.89. The lowest BCUT2D eigenvalue weighted by Crippen LogP contribution is -2.35. The molecule has 1 heterocycles. The molecular weight excluding hydrogens is 416 g/mol. The number of ether oxygens (including phenoxy) is 1. The highest BCUT2D eigenvalue weighted by Gasteiger charge is 2.23. The molecule has 0 fully saturated rings. The van der Waals surface area contributed by atoms with E-state index in [1.54, 1.807) is 12.1 Å². The van der Waals surface area contributed by atoms with E-state index < -0.39 is 15.9 Å². The van der Waals surface area contributed by atoms with Crippen LogP contribution in [0, 0.1) is 11.3 Å². The largest absolute Gasteiger partial charge is 0.473 e. The Balaban J connectivity index is 1.55. The molecule has 3 aromatic rings. The number of hydrogen-bond donors (Lipinski definition) is 1. The molecule has 1 N–H and O–H groups in total. The van der Waals surface area contributed by atoms with Crippen LogP contribution in [-0.2, 0) is 21.4 Å². The number of nitriles is 1. The molecule has 3 rings (SSSR count). The minimum Gasteiger partial charge on any atom is -0.473 e. The van der Waals surface area contributed by atoms with Crippen molar-refractivity contribution in [3.63, 3.8) is 0 Å². The van der Waals surface area contributed by atoms with Crippen molar-refractivity contribution < 1.29 is 17.9 Å². The highest BCUT2D eigenvalue weighted by Crippen LogP contribution is 2.16. The van der Waals surface area contributed by atoms with Gasteiger partial charge in [-0.1, -0.05) is 30.3 Å². The van der Waals surface area contributed by atoms with Gasteiger partial charge in [0.15, 0.2) is 0 Å². The number of rotatable bonds is 8. The van der Waals surface area contributed by atoms with Gasteiger partial charge in [0.25, 0.3) is 0 Å². The number of sulfonamides is 1. The van der Waals surface area contributed by atoms with Crippen LogP contribution in [0.1, 0.15) is 11.1 Å². The summed E-state index contributed by atoms with van der Waals surface area (Å²) in [5.74, 6) is -0.109. The molecule has 1 aromatic heterocycles. The fourth-order valence-electron chi connectivity index (χ4n) is 2.64. The number of pyridine rings is 1. The van der Waals surface area contributed by atoms with Crippen molar-refractivity contribution in [1.82, 2.24) is 9.29 Å². The zero-order chi connectivity index (χ0) is 22.3. The monoisotopic (exact) mass is 436 g/mol. The predicted octanol–water partition coefficient (Wildman–Crippen LogP) is 2.79. The van der Waals surface area contributed by atoms with E-state index in [0.29, 0.717) is 23.7 Å². The second kappa shape index (κ2) is 9.84. The van der Waals surface area contributed by atoms with Crippen molar-refractivity contribution in [2.45, 2.75) is 11.5 Å². The average molecular weight is 436 g/mol. The highest BCUT2D eigenvalue weighted by atomic mass is 32.2. The topological polar surface area (TPSA) is 112 Å². The molecule has 0 atom stereocenters. The smallest absolute Gasteiger partial charge is 0.243 e.